The van der Waals surface area contributed by atoms with Crippen LogP contribution in [-0.2, 0) is 0 Å². The summed E-state index contributed by atoms with van der Waals surface area (Å²) in [5.74, 6) is -0.248. The Kier molecular flexibility index (Phi) is 5.05. The first-order valence-electron chi connectivity index (χ1n) is 5.24. The third-order valence-corrected chi connectivity index (χ3v) is 3.24. The topological polar surface area (TPSA) is 84.3 Å². The molecule has 1 aromatic heterocycles. The van der Waals surface area contributed by atoms with Gasteiger partial charge in [0.1, 0.15) is 0 Å². The molecule has 0 spiro atoms. The number of nitrogens with zero attached hydrogens (tertiary/aromatic N) is 1. The highest BCUT2D eigenvalue weighted by atomic mass is 32.1. The fourth-order valence-corrected chi connectivity index (χ4v) is 2.22. The fraction of sp³-hybridized carbons (Fsp3) is 0.500. The zero-order valence-corrected chi connectivity index (χ0v) is 10.6. The van der Waals surface area contributed by atoms with Gasteiger partial charge in [-0.05, 0) is 26.9 Å². The number of aryl methyl sites for hydroxylation is 1. The second kappa shape index (κ2) is 6.31. The van der Waals surface area contributed by atoms with E-state index in [2.05, 4.69) is 10.6 Å². The van der Waals surface area contributed by atoms with Gasteiger partial charge in [0.25, 0.3) is 11.6 Å². The highest BCUT2D eigenvalue weighted by molar-refractivity contribution is 7.14. The average molecular weight is 257 g/mol. The van der Waals surface area contributed by atoms with Crippen LogP contribution in [0.1, 0.15) is 21.0 Å². The number of amides is 1. The van der Waals surface area contributed by atoms with E-state index in [4.69, 9.17) is 0 Å². The van der Waals surface area contributed by atoms with Crippen molar-refractivity contribution in [3.63, 3.8) is 0 Å². The predicted molar refractivity (Wildman–Crippen MR) is 66.6 cm³/mol. The molecule has 0 radical (unpaired) electrons. The summed E-state index contributed by atoms with van der Waals surface area (Å²) in [6.07, 6.45) is 0.828. The van der Waals surface area contributed by atoms with Gasteiger partial charge in [-0.15, -0.1) is 11.3 Å². The molecule has 6 nitrogen and oxygen atoms in total. The van der Waals surface area contributed by atoms with Crippen LogP contribution >= 0.6 is 11.3 Å². The third-order valence-electron chi connectivity index (χ3n) is 2.20. The molecule has 94 valence electrons. The second-order valence-electron chi connectivity index (χ2n) is 3.52. The van der Waals surface area contributed by atoms with Gasteiger partial charge < -0.3 is 10.6 Å². The Morgan fingerprint density at radius 2 is 2.24 bits per heavy atom. The van der Waals surface area contributed by atoms with Crippen molar-refractivity contribution < 1.29 is 9.72 Å². The molecule has 2 N–H and O–H groups in total. The average Bonchev–Trinajstić information content (AvgIpc) is 2.66. The van der Waals surface area contributed by atoms with Crippen LogP contribution in [0.4, 0.5) is 5.69 Å². The first kappa shape index (κ1) is 13.6. The number of rotatable bonds is 6. The Balaban J connectivity index is 2.57. The summed E-state index contributed by atoms with van der Waals surface area (Å²) < 4.78 is 0. The zero-order valence-electron chi connectivity index (χ0n) is 9.78. The van der Waals surface area contributed by atoms with E-state index in [1.165, 1.54) is 6.07 Å². The third kappa shape index (κ3) is 3.79. The minimum atomic E-state index is -0.469. The van der Waals surface area contributed by atoms with Gasteiger partial charge in [0.2, 0.25) is 0 Å². The SMILES string of the molecule is CNCCCNC(=O)c1cc([N+](=O)[O-])c(C)s1. The number of hydrogen-bond acceptors (Lipinski definition) is 5. The van der Waals surface area contributed by atoms with E-state index >= 15 is 0 Å². The molecule has 0 aliphatic heterocycles. The van der Waals surface area contributed by atoms with Gasteiger partial charge in [-0.25, -0.2) is 0 Å². The van der Waals surface area contributed by atoms with Gasteiger partial charge >= 0.3 is 0 Å². The quantitative estimate of drug-likeness (QED) is 0.457. The summed E-state index contributed by atoms with van der Waals surface area (Å²) in [6.45, 7) is 3.02. The van der Waals surface area contributed by atoms with Gasteiger partial charge in [0.05, 0.1) is 14.7 Å². The van der Waals surface area contributed by atoms with Gasteiger partial charge in [-0.1, -0.05) is 0 Å². The zero-order chi connectivity index (χ0) is 12.8. The molecule has 1 aromatic rings. The molecule has 0 atom stereocenters. The minimum Gasteiger partial charge on any atom is -0.351 e. The summed E-state index contributed by atoms with van der Waals surface area (Å²) >= 11 is 1.15. The molecule has 0 aromatic carbocycles. The summed E-state index contributed by atoms with van der Waals surface area (Å²) in [5, 5.41) is 16.3. The smallest absolute Gasteiger partial charge is 0.283 e. The Bertz CT molecular complexity index is 417. The molecule has 0 bridgehead atoms. The number of carbonyl (C=O) groups excluding carboxylic acids is 1. The number of carbonyl (C=O) groups is 1. The van der Waals surface area contributed by atoms with E-state index in [0.29, 0.717) is 16.3 Å². The standard InChI is InChI=1S/C10H15N3O3S/c1-7-8(13(15)16)6-9(17-7)10(14)12-5-3-4-11-2/h6,11H,3-5H2,1-2H3,(H,12,14). The molecular formula is C10H15N3O3S. The molecule has 0 saturated carbocycles. The maximum Gasteiger partial charge on any atom is 0.283 e. The van der Waals surface area contributed by atoms with E-state index in [1.807, 2.05) is 7.05 Å². The van der Waals surface area contributed by atoms with Crippen molar-refractivity contribution in [1.29, 1.82) is 0 Å². The molecule has 0 unspecified atom stereocenters. The number of nitrogens with one attached hydrogen (secondary N) is 2. The Hall–Kier alpha value is -1.47. The summed E-state index contributed by atoms with van der Waals surface area (Å²) in [5.41, 5.74) is 0.00961. The van der Waals surface area contributed by atoms with Crippen LogP contribution in [0.15, 0.2) is 6.07 Å². The van der Waals surface area contributed by atoms with Crippen LogP contribution in [0.3, 0.4) is 0 Å². The molecule has 17 heavy (non-hydrogen) atoms. The van der Waals surface area contributed by atoms with Crippen molar-refractivity contribution in [2.24, 2.45) is 0 Å². The van der Waals surface area contributed by atoms with E-state index in [0.717, 1.165) is 24.3 Å². The van der Waals surface area contributed by atoms with E-state index in [-0.39, 0.29) is 11.6 Å². The Labute approximate surface area is 103 Å². The molecule has 7 heteroatoms. The molecular weight excluding hydrogens is 242 g/mol. The lowest BCUT2D eigenvalue weighted by molar-refractivity contribution is -0.385. The molecule has 0 aliphatic carbocycles. The summed E-state index contributed by atoms with van der Waals surface area (Å²) in [7, 11) is 1.84. The lowest BCUT2D eigenvalue weighted by Crippen LogP contribution is -2.25. The van der Waals surface area contributed by atoms with Crippen molar-refractivity contribution in [3.8, 4) is 0 Å². The number of hydrogen-bond donors (Lipinski definition) is 2. The second-order valence-corrected chi connectivity index (χ2v) is 4.78. The van der Waals surface area contributed by atoms with Gasteiger partial charge in [0.15, 0.2) is 0 Å². The van der Waals surface area contributed by atoms with E-state index in [1.54, 1.807) is 6.92 Å². The highest BCUT2D eigenvalue weighted by Gasteiger charge is 2.18. The first-order chi connectivity index (χ1) is 8.06. The van der Waals surface area contributed by atoms with Crippen LogP contribution < -0.4 is 10.6 Å². The van der Waals surface area contributed by atoms with E-state index in [9.17, 15) is 14.9 Å². The Morgan fingerprint density at radius 3 is 2.76 bits per heavy atom. The van der Waals surface area contributed by atoms with Gasteiger partial charge in [0, 0.05) is 12.6 Å². The Morgan fingerprint density at radius 1 is 1.53 bits per heavy atom. The van der Waals surface area contributed by atoms with Crippen molar-refractivity contribution >= 4 is 22.9 Å². The molecule has 0 aliphatic rings. The number of thiophene rings is 1. The maximum atomic E-state index is 11.7. The molecule has 0 fully saturated rings. The maximum absolute atomic E-state index is 11.7. The van der Waals surface area contributed by atoms with Crippen molar-refractivity contribution in [3.05, 3.63) is 25.9 Å². The molecule has 1 amide bonds. The van der Waals surface area contributed by atoms with Crippen molar-refractivity contribution in [2.75, 3.05) is 20.1 Å². The summed E-state index contributed by atoms with van der Waals surface area (Å²) in [4.78, 5) is 22.8. The number of nitro groups is 1. The van der Waals surface area contributed by atoms with Crippen LogP contribution in [0, 0.1) is 17.0 Å². The summed E-state index contributed by atoms with van der Waals surface area (Å²) in [6, 6.07) is 1.33. The van der Waals surface area contributed by atoms with Gasteiger partial charge in [-0.2, -0.15) is 0 Å². The fourth-order valence-electron chi connectivity index (χ4n) is 1.32. The molecule has 1 heterocycles. The van der Waals surface area contributed by atoms with Crippen molar-refractivity contribution in [2.45, 2.75) is 13.3 Å². The lowest BCUT2D eigenvalue weighted by atomic mass is 10.3. The largest absolute Gasteiger partial charge is 0.351 e. The predicted octanol–water partition coefficient (Wildman–Crippen LogP) is 1.30. The van der Waals surface area contributed by atoms with Crippen LogP contribution in [0.2, 0.25) is 0 Å². The monoisotopic (exact) mass is 257 g/mol. The highest BCUT2D eigenvalue weighted by Crippen LogP contribution is 2.27. The van der Waals surface area contributed by atoms with Gasteiger partial charge in [-0.3, -0.25) is 14.9 Å². The molecule has 1 rings (SSSR count). The van der Waals surface area contributed by atoms with Crippen LogP contribution in [0.5, 0.6) is 0 Å². The minimum absolute atomic E-state index is 0.00961. The van der Waals surface area contributed by atoms with Crippen molar-refractivity contribution in [1.82, 2.24) is 10.6 Å². The van der Waals surface area contributed by atoms with Crippen LogP contribution in [0.25, 0.3) is 0 Å². The normalized spacial score (nSPS) is 10.2. The molecule has 0 saturated heterocycles. The first-order valence-corrected chi connectivity index (χ1v) is 6.05. The van der Waals surface area contributed by atoms with Crippen LogP contribution in [-0.4, -0.2) is 31.0 Å². The van der Waals surface area contributed by atoms with E-state index < -0.39 is 4.92 Å². The lowest BCUT2D eigenvalue weighted by Gasteiger charge is -2.02.